The molecule has 0 amide bonds. The first kappa shape index (κ1) is 14.4. The van der Waals surface area contributed by atoms with Gasteiger partial charge in [-0.2, -0.15) is 13.2 Å². The highest BCUT2D eigenvalue weighted by atomic mass is 35.5. The number of nitrogens with zero attached hydrogens (tertiary/aromatic N) is 1. The molecular formula is C12H14ClF3N2O. The van der Waals surface area contributed by atoms with Crippen LogP contribution in [0, 0.1) is 0 Å². The standard InChI is InChI=1S/C12H14ClF3N2O/c13-8-11(3-5-19-6-4-11)18-10-2-1-9(7-17-10)12(14,15)16/h1-2,7H,3-6,8H2,(H,17,18). The van der Waals surface area contributed by atoms with E-state index >= 15 is 0 Å². The maximum absolute atomic E-state index is 12.4. The van der Waals surface area contributed by atoms with Crippen LogP contribution in [-0.4, -0.2) is 29.6 Å². The van der Waals surface area contributed by atoms with Gasteiger partial charge in [0.1, 0.15) is 5.82 Å². The summed E-state index contributed by atoms with van der Waals surface area (Å²) in [6.07, 6.45) is -2.13. The Hall–Kier alpha value is -1.01. The van der Waals surface area contributed by atoms with Gasteiger partial charge in [-0.1, -0.05) is 0 Å². The second-order valence-corrected chi connectivity index (χ2v) is 4.85. The first-order valence-electron chi connectivity index (χ1n) is 5.90. The van der Waals surface area contributed by atoms with Gasteiger partial charge in [-0.25, -0.2) is 4.98 Å². The highest BCUT2D eigenvalue weighted by Gasteiger charge is 2.33. The van der Waals surface area contributed by atoms with Crippen molar-refractivity contribution < 1.29 is 17.9 Å². The lowest BCUT2D eigenvalue weighted by Gasteiger charge is -2.36. The Bertz CT molecular complexity index is 416. The predicted octanol–water partition coefficient (Wildman–Crippen LogP) is 3.30. The van der Waals surface area contributed by atoms with E-state index < -0.39 is 11.7 Å². The molecule has 106 valence electrons. The van der Waals surface area contributed by atoms with Crippen LogP contribution >= 0.6 is 11.6 Å². The second-order valence-electron chi connectivity index (χ2n) is 4.58. The molecule has 0 aliphatic carbocycles. The normalized spacial score (nSPS) is 19.2. The van der Waals surface area contributed by atoms with Gasteiger partial charge in [-0.15, -0.1) is 11.6 Å². The Balaban J connectivity index is 2.10. The van der Waals surface area contributed by atoms with Crippen molar-refractivity contribution in [1.82, 2.24) is 4.98 Å². The Morgan fingerprint density at radius 1 is 1.32 bits per heavy atom. The van der Waals surface area contributed by atoms with Crippen molar-refractivity contribution in [2.24, 2.45) is 0 Å². The monoisotopic (exact) mass is 294 g/mol. The van der Waals surface area contributed by atoms with Gasteiger partial charge < -0.3 is 10.1 Å². The minimum atomic E-state index is -4.37. The molecule has 1 aliphatic heterocycles. The summed E-state index contributed by atoms with van der Waals surface area (Å²) in [6, 6.07) is 2.34. The molecule has 0 spiro atoms. The molecule has 1 fully saturated rings. The number of nitrogens with one attached hydrogen (secondary N) is 1. The molecule has 19 heavy (non-hydrogen) atoms. The fourth-order valence-corrected chi connectivity index (χ4v) is 2.30. The van der Waals surface area contributed by atoms with Crippen molar-refractivity contribution in [2.75, 3.05) is 24.4 Å². The molecule has 1 N–H and O–H groups in total. The van der Waals surface area contributed by atoms with Gasteiger partial charge in [-0.05, 0) is 25.0 Å². The van der Waals surface area contributed by atoms with Crippen LogP contribution in [0.25, 0.3) is 0 Å². The number of ether oxygens (including phenoxy) is 1. The zero-order valence-corrected chi connectivity index (χ0v) is 10.9. The quantitative estimate of drug-likeness (QED) is 0.869. The molecule has 1 saturated heterocycles. The highest BCUT2D eigenvalue weighted by molar-refractivity contribution is 6.18. The number of halogens is 4. The number of hydrogen-bond acceptors (Lipinski definition) is 3. The molecule has 1 aliphatic rings. The van der Waals surface area contributed by atoms with Crippen molar-refractivity contribution in [3.8, 4) is 0 Å². The van der Waals surface area contributed by atoms with Crippen LogP contribution in [0.15, 0.2) is 18.3 Å². The molecule has 0 aromatic carbocycles. The number of pyridine rings is 1. The van der Waals surface area contributed by atoms with E-state index in [4.69, 9.17) is 16.3 Å². The fourth-order valence-electron chi connectivity index (χ4n) is 1.96. The lowest BCUT2D eigenvalue weighted by Crippen LogP contribution is -2.45. The minimum absolute atomic E-state index is 0.355. The molecule has 0 atom stereocenters. The lowest BCUT2D eigenvalue weighted by molar-refractivity contribution is -0.137. The van der Waals surface area contributed by atoms with E-state index in [1.807, 2.05) is 0 Å². The van der Waals surface area contributed by atoms with E-state index in [-0.39, 0.29) is 5.54 Å². The third-order valence-corrected chi connectivity index (χ3v) is 3.70. The van der Waals surface area contributed by atoms with Gasteiger partial charge in [0, 0.05) is 25.3 Å². The fraction of sp³-hybridized carbons (Fsp3) is 0.583. The van der Waals surface area contributed by atoms with Crippen LogP contribution in [0.5, 0.6) is 0 Å². The van der Waals surface area contributed by atoms with Crippen LogP contribution in [0.2, 0.25) is 0 Å². The summed E-state index contributed by atoms with van der Waals surface area (Å²) in [5.41, 5.74) is -1.11. The maximum atomic E-state index is 12.4. The Morgan fingerprint density at radius 3 is 2.47 bits per heavy atom. The third-order valence-electron chi connectivity index (χ3n) is 3.19. The number of alkyl halides is 4. The molecule has 7 heteroatoms. The minimum Gasteiger partial charge on any atom is -0.381 e. The van der Waals surface area contributed by atoms with E-state index in [9.17, 15) is 13.2 Å². The van der Waals surface area contributed by atoms with Gasteiger partial charge >= 0.3 is 6.18 Å². The predicted molar refractivity (Wildman–Crippen MR) is 66.4 cm³/mol. The molecule has 2 heterocycles. The van der Waals surface area contributed by atoms with Crippen molar-refractivity contribution >= 4 is 17.4 Å². The van der Waals surface area contributed by atoms with E-state index in [0.29, 0.717) is 37.8 Å². The molecule has 0 unspecified atom stereocenters. The van der Waals surface area contributed by atoms with E-state index in [2.05, 4.69) is 10.3 Å². The first-order valence-corrected chi connectivity index (χ1v) is 6.44. The summed E-state index contributed by atoms with van der Waals surface area (Å²) >= 11 is 5.97. The molecule has 1 aromatic rings. The Kier molecular flexibility index (Phi) is 4.20. The summed E-state index contributed by atoms with van der Waals surface area (Å²) in [5, 5.41) is 3.13. The average molecular weight is 295 g/mol. The summed E-state index contributed by atoms with van der Waals surface area (Å²) in [5.74, 6) is 0.759. The van der Waals surface area contributed by atoms with Crippen molar-refractivity contribution in [3.05, 3.63) is 23.9 Å². The van der Waals surface area contributed by atoms with E-state index in [0.717, 1.165) is 12.3 Å². The topological polar surface area (TPSA) is 34.1 Å². The molecule has 1 aromatic heterocycles. The van der Waals surface area contributed by atoms with Crippen LogP contribution in [0.4, 0.5) is 19.0 Å². The van der Waals surface area contributed by atoms with E-state index in [1.165, 1.54) is 6.07 Å². The second kappa shape index (κ2) is 5.54. The largest absolute Gasteiger partial charge is 0.417 e. The van der Waals surface area contributed by atoms with Crippen molar-refractivity contribution in [1.29, 1.82) is 0 Å². The zero-order chi connectivity index (χ0) is 13.9. The van der Waals surface area contributed by atoms with Gasteiger partial charge in [0.25, 0.3) is 0 Å². The molecule has 2 rings (SSSR count). The zero-order valence-electron chi connectivity index (χ0n) is 10.1. The third kappa shape index (κ3) is 3.51. The molecule has 3 nitrogen and oxygen atoms in total. The Morgan fingerprint density at radius 2 is 2.00 bits per heavy atom. The van der Waals surface area contributed by atoms with Gasteiger partial charge in [0.05, 0.1) is 11.1 Å². The number of anilines is 1. The van der Waals surface area contributed by atoms with Gasteiger partial charge in [0.2, 0.25) is 0 Å². The molecule has 0 saturated carbocycles. The smallest absolute Gasteiger partial charge is 0.381 e. The maximum Gasteiger partial charge on any atom is 0.417 e. The SMILES string of the molecule is FC(F)(F)c1ccc(NC2(CCl)CCOCC2)nc1. The molecule has 0 bridgehead atoms. The van der Waals surface area contributed by atoms with Crippen LogP contribution in [-0.2, 0) is 10.9 Å². The molecule has 0 radical (unpaired) electrons. The van der Waals surface area contributed by atoms with E-state index in [1.54, 1.807) is 0 Å². The summed E-state index contributed by atoms with van der Waals surface area (Å²) in [4.78, 5) is 3.80. The summed E-state index contributed by atoms with van der Waals surface area (Å²) in [7, 11) is 0. The number of hydrogen-bond donors (Lipinski definition) is 1. The number of rotatable bonds is 3. The van der Waals surface area contributed by atoms with Crippen LogP contribution < -0.4 is 5.32 Å². The lowest BCUT2D eigenvalue weighted by atomic mass is 9.92. The van der Waals surface area contributed by atoms with Crippen LogP contribution in [0.3, 0.4) is 0 Å². The highest BCUT2D eigenvalue weighted by Crippen LogP contribution is 2.30. The Labute approximate surface area is 114 Å². The van der Waals surface area contributed by atoms with Gasteiger partial charge in [-0.3, -0.25) is 0 Å². The average Bonchev–Trinajstić information content (AvgIpc) is 2.39. The summed E-state index contributed by atoms with van der Waals surface area (Å²) in [6.45, 7) is 1.17. The first-order chi connectivity index (χ1) is 8.95. The summed E-state index contributed by atoms with van der Waals surface area (Å²) < 4.78 is 42.5. The van der Waals surface area contributed by atoms with Crippen LogP contribution in [0.1, 0.15) is 18.4 Å². The number of aromatic nitrogens is 1. The van der Waals surface area contributed by atoms with Crippen molar-refractivity contribution in [3.63, 3.8) is 0 Å². The molecular weight excluding hydrogens is 281 g/mol. The van der Waals surface area contributed by atoms with Gasteiger partial charge in [0.15, 0.2) is 0 Å². The van der Waals surface area contributed by atoms with Crippen molar-refractivity contribution in [2.45, 2.75) is 24.6 Å².